The van der Waals surface area contributed by atoms with E-state index >= 15 is 0 Å². The minimum absolute atomic E-state index is 0.320. The molecule has 0 aliphatic rings. The van der Waals surface area contributed by atoms with Crippen molar-refractivity contribution in [1.82, 2.24) is 0 Å². The Bertz CT molecular complexity index is 1220. The Hall–Kier alpha value is -3.69. The van der Waals surface area contributed by atoms with E-state index in [2.05, 4.69) is 53.0 Å². The average Bonchev–Trinajstić information content (AvgIpc) is 2.82. The topological polar surface area (TPSA) is 21.6 Å². The first-order valence-electron chi connectivity index (χ1n) is 10.4. The van der Waals surface area contributed by atoms with Crippen LogP contribution in [0.5, 0.6) is 5.75 Å². The number of hydrogen-bond donors (Lipinski definition) is 0. The summed E-state index contributed by atoms with van der Waals surface area (Å²) in [6.07, 6.45) is 3.40. The molecule has 0 radical (unpaired) electrons. The van der Waals surface area contributed by atoms with Crippen LogP contribution >= 0.6 is 12.2 Å². The summed E-state index contributed by atoms with van der Waals surface area (Å²) in [5.74, 6) is 12.3. The number of thiocarbonyl (C=S) groups is 1. The molecule has 3 rings (SSSR count). The molecule has 0 saturated carbocycles. The number of hydrogen-bond acceptors (Lipinski definition) is 3. The second kappa shape index (κ2) is 12.2. The van der Waals surface area contributed by atoms with Gasteiger partial charge in [0.25, 0.3) is 0 Å². The van der Waals surface area contributed by atoms with Crippen LogP contribution < -0.4 is 4.74 Å². The number of isothiocyanates is 1. The van der Waals surface area contributed by atoms with Gasteiger partial charge in [0.05, 0.1) is 23.0 Å². The van der Waals surface area contributed by atoms with Gasteiger partial charge in [-0.15, -0.1) is 0 Å². The lowest BCUT2D eigenvalue weighted by Crippen LogP contribution is -1.96. The summed E-state index contributed by atoms with van der Waals surface area (Å²) in [6.45, 7) is 2.89. The van der Waals surface area contributed by atoms with Crippen LogP contribution in [0.4, 0.5) is 10.1 Å². The van der Waals surface area contributed by atoms with E-state index < -0.39 is 5.82 Å². The summed E-state index contributed by atoms with van der Waals surface area (Å²) in [5, 5.41) is 2.31. The SMILES string of the molecule is CCCCCOc1ccc(C#Cc2ccc(C#Cc3ccc(N=C=S)cc3)c(F)c2)cc1. The van der Waals surface area contributed by atoms with Gasteiger partial charge >= 0.3 is 0 Å². The fraction of sp³-hybridized carbons (Fsp3) is 0.179. The van der Waals surface area contributed by atoms with Gasteiger partial charge in [0.2, 0.25) is 0 Å². The number of ether oxygens (including phenoxy) is 1. The minimum atomic E-state index is -0.401. The lowest BCUT2D eigenvalue weighted by Gasteiger charge is -2.05. The highest BCUT2D eigenvalue weighted by Gasteiger charge is 2.00. The summed E-state index contributed by atoms with van der Waals surface area (Å²) in [6, 6.07) is 19.6. The maximum atomic E-state index is 14.4. The Kier molecular flexibility index (Phi) is 8.79. The number of nitrogens with zero attached hydrogens (tertiary/aromatic N) is 1. The largest absolute Gasteiger partial charge is 0.494 e. The molecule has 3 aromatic rings. The minimum Gasteiger partial charge on any atom is -0.494 e. The molecule has 0 fully saturated rings. The van der Waals surface area contributed by atoms with E-state index in [0.29, 0.717) is 16.8 Å². The number of rotatable bonds is 6. The molecular weight excluding hydrogens is 417 g/mol. The molecule has 0 spiro atoms. The molecule has 32 heavy (non-hydrogen) atoms. The molecule has 158 valence electrons. The lowest BCUT2D eigenvalue weighted by atomic mass is 10.1. The molecule has 0 saturated heterocycles. The highest BCUT2D eigenvalue weighted by molar-refractivity contribution is 7.78. The van der Waals surface area contributed by atoms with E-state index in [1.54, 1.807) is 36.4 Å². The summed E-state index contributed by atoms with van der Waals surface area (Å²) < 4.78 is 20.2. The molecule has 0 N–H and O–H groups in total. The van der Waals surface area contributed by atoms with Crippen molar-refractivity contribution in [3.8, 4) is 29.4 Å². The summed E-state index contributed by atoms with van der Waals surface area (Å²) in [5.41, 5.74) is 3.22. The fourth-order valence-corrected chi connectivity index (χ4v) is 2.93. The predicted octanol–water partition coefficient (Wildman–Crippen LogP) is 6.93. The number of aliphatic imine (C=N–C) groups is 1. The van der Waals surface area contributed by atoms with Crippen molar-refractivity contribution < 1.29 is 9.13 Å². The van der Waals surface area contributed by atoms with Crippen molar-refractivity contribution in [2.45, 2.75) is 26.2 Å². The van der Waals surface area contributed by atoms with Gasteiger partial charge in [-0.3, -0.25) is 0 Å². The number of unbranched alkanes of at least 4 members (excludes halogenated alkanes) is 2. The molecule has 0 bridgehead atoms. The Morgan fingerprint density at radius 2 is 1.44 bits per heavy atom. The van der Waals surface area contributed by atoms with Crippen LogP contribution in [0, 0.1) is 29.5 Å². The third-order valence-corrected chi connectivity index (χ3v) is 4.67. The Labute approximate surface area is 194 Å². The first kappa shape index (κ1) is 23.0. The smallest absolute Gasteiger partial charge is 0.140 e. The number of benzene rings is 3. The Morgan fingerprint density at radius 1 is 0.812 bits per heavy atom. The van der Waals surface area contributed by atoms with Crippen molar-refractivity contribution in [3.05, 3.63) is 94.8 Å². The van der Waals surface area contributed by atoms with Crippen LogP contribution in [0.25, 0.3) is 0 Å². The zero-order valence-electron chi connectivity index (χ0n) is 17.8. The monoisotopic (exact) mass is 439 g/mol. The van der Waals surface area contributed by atoms with Gasteiger partial charge in [-0.25, -0.2) is 4.39 Å². The average molecular weight is 440 g/mol. The third-order valence-electron chi connectivity index (χ3n) is 4.57. The van der Waals surface area contributed by atoms with Crippen LogP contribution in [0.1, 0.15) is 48.4 Å². The van der Waals surface area contributed by atoms with Gasteiger partial charge in [-0.2, -0.15) is 4.99 Å². The summed E-state index contributed by atoms with van der Waals surface area (Å²) >= 11 is 4.58. The molecular formula is C28H22FNOS. The van der Waals surface area contributed by atoms with Crippen LogP contribution in [0.2, 0.25) is 0 Å². The first-order chi connectivity index (χ1) is 15.7. The molecule has 2 nitrogen and oxygen atoms in total. The molecule has 0 heterocycles. The van der Waals surface area contributed by atoms with E-state index in [4.69, 9.17) is 4.74 Å². The van der Waals surface area contributed by atoms with Gasteiger partial charge in [-0.05, 0) is 85.4 Å². The predicted molar refractivity (Wildman–Crippen MR) is 131 cm³/mol. The third kappa shape index (κ3) is 7.22. The molecule has 4 heteroatoms. The summed E-state index contributed by atoms with van der Waals surface area (Å²) in [7, 11) is 0. The maximum absolute atomic E-state index is 14.4. The second-order valence-corrected chi connectivity index (χ2v) is 7.21. The van der Waals surface area contributed by atoms with Crippen LogP contribution in [0.15, 0.2) is 71.7 Å². The first-order valence-corrected chi connectivity index (χ1v) is 10.8. The normalized spacial score (nSPS) is 9.56. The summed E-state index contributed by atoms with van der Waals surface area (Å²) in [4.78, 5) is 3.89. The van der Waals surface area contributed by atoms with Gasteiger partial charge in [0.1, 0.15) is 11.6 Å². The fourth-order valence-electron chi connectivity index (χ4n) is 2.83. The molecule has 0 aliphatic heterocycles. The standard InChI is InChI=1S/C28H22FNOS/c1-2-3-4-19-31-27-17-11-22(12-18-27)5-6-24-8-14-25(28(29)20-24)13-7-23-9-15-26(16-10-23)30-21-32/h8-12,14-18,20H,2-4,19H2,1H3. The Morgan fingerprint density at radius 3 is 2.09 bits per heavy atom. The van der Waals surface area contributed by atoms with Gasteiger partial charge in [0, 0.05) is 16.7 Å². The van der Waals surface area contributed by atoms with E-state index in [-0.39, 0.29) is 0 Å². The van der Waals surface area contributed by atoms with Gasteiger partial charge in [0.15, 0.2) is 0 Å². The van der Waals surface area contributed by atoms with Crippen LogP contribution in [-0.2, 0) is 0 Å². The quantitative estimate of drug-likeness (QED) is 0.180. The molecule has 0 amide bonds. The molecule has 3 aromatic carbocycles. The maximum Gasteiger partial charge on any atom is 0.140 e. The van der Waals surface area contributed by atoms with E-state index in [1.165, 1.54) is 18.9 Å². The van der Waals surface area contributed by atoms with E-state index in [1.807, 2.05) is 24.3 Å². The van der Waals surface area contributed by atoms with Crippen molar-refractivity contribution in [2.24, 2.45) is 4.99 Å². The van der Waals surface area contributed by atoms with Crippen molar-refractivity contribution in [3.63, 3.8) is 0 Å². The lowest BCUT2D eigenvalue weighted by molar-refractivity contribution is 0.306. The van der Waals surface area contributed by atoms with Crippen molar-refractivity contribution in [2.75, 3.05) is 6.61 Å². The highest BCUT2D eigenvalue weighted by Crippen LogP contribution is 2.14. The van der Waals surface area contributed by atoms with Crippen LogP contribution in [-0.4, -0.2) is 11.8 Å². The Balaban J connectivity index is 1.64. The van der Waals surface area contributed by atoms with Gasteiger partial charge in [-0.1, -0.05) is 43.4 Å². The van der Waals surface area contributed by atoms with Crippen molar-refractivity contribution in [1.29, 1.82) is 0 Å². The number of halogens is 1. The van der Waals surface area contributed by atoms with Crippen molar-refractivity contribution >= 4 is 23.1 Å². The molecule has 0 unspecified atom stereocenters. The van der Waals surface area contributed by atoms with Gasteiger partial charge < -0.3 is 4.74 Å². The highest BCUT2D eigenvalue weighted by atomic mass is 32.1. The molecule has 0 aliphatic carbocycles. The van der Waals surface area contributed by atoms with E-state index in [9.17, 15) is 4.39 Å². The second-order valence-electron chi connectivity index (χ2n) is 7.02. The molecule has 0 atom stereocenters. The zero-order chi connectivity index (χ0) is 22.6. The molecule has 0 aromatic heterocycles. The van der Waals surface area contributed by atoms with Crippen LogP contribution in [0.3, 0.4) is 0 Å². The zero-order valence-corrected chi connectivity index (χ0v) is 18.6. The van der Waals surface area contributed by atoms with E-state index in [0.717, 1.165) is 29.9 Å².